The Kier molecular flexibility index (Phi) is 6.02. The Bertz CT molecular complexity index is 704. The van der Waals surface area contributed by atoms with Gasteiger partial charge >= 0.3 is 0 Å². The topological polar surface area (TPSA) is 52.9 Å². The highest BCUT2D eigenvalue weighted by atomic mass is 32.1. The molecule has 2 N–H and O–H groups in total. The third-order valence-corrected chi connectivity index (χ3v) is 5.07. The quantitative estimate of drug-likeness (QED) is 0.834. The van der Waals surface area contributed by atoms with Crippen molar-refractivity contribution in [2.45, 2.75) is 18.7 Å². The van der Waals surface area contributed by atoms with Gasteiger partial charge in [0.15, 0.2) is 0 Å². The molecule has 1 aromatic heterocycles. The van der Waals surface area contributed by atoms with E-state index in [2.05, 4.69) is 34.9 Å². The van der Waals surface area contributed by atoms with Crippen molar-refractivity contribution in [3.63, 3.8) is 0 Å². The van der Waals surface area contributed by atoms with Gasteiger partial charge in [-0.2, -0.15) is 0 Å². The summed E-state index contributed by atoms with van der Waals surface area (Å²) in [5.74, 6) is 5.63. The molecule has 0 spiro atoms. The van der Waals surface area contributed by atoms with Crippen LogP contribution in [0.3, 0.4) is 0 Å². The molecule has 0 unspecified atom stereocenters. The van der Waals surface area contributed by atoms with Gasteiger partial charge in [-0.3, -0.25) is 4.90 Å². The molecule has 0 bridgehead atoms. The molecule has 2 atom stereocenters. The number of hydrogen-bond donors (Lipinski definition) is 2. The van der Waals surface area contributed by atoms with Crippen molar-refractivity contribution in [3.8, 4) is 11.8 Å². The number of morpholine rings is 1. The van der Waals surface area contributed by atoms with Crippen LogP contribution in [0.15, 0.2) is 42.5 Å². The zero-order valence-electron chi connectivity index (χ0n) is 13.4. The van der Waals surface area contributed by atoms with Crippen LogP contribution in [-0.4, -0.2) is 47.6 Å². The average molecular weight is 343 g/mol. The minimum Gasteiger partial charge on any atom is -0.394 e. The second-order valence-corrected chi connectivity index (χ2v) is 6.81. The number of benzene rings is 1. The first-order chi connectivity index (χ1) is 11.8. The maximum atomic E-state index is 9.72. The summed E-state index contributed by atoms with van der Waals surface area (Å²) in [4.78, 5) is 4.54. The SMILES string of the molecule is OCC#Cc1ccc(CN2CCO[C@H](CO)[C@H]2c2ccccc2)s1. The van der Waals surface area contributed by atoms with Crippen molar-refractivity contribution >= 4 is 11.3 Å². The van der Waals surface area contributed by atoms with Gasteiger partial charge in [-0.1, -0.05) is 42.2 Å². The average Bonchev–Trinajstić information content (AvgIpc) is 3.07. The van der Waals surface area contributed by atoms with E-state index in [0.717, 1.165) is 23.5 Å². The fourth-order valence-corrected chi connectivity index (χ4v) is 3.96. The summed E-state index contributed by atoms with van der Waals surface area (Å²) in [7, 11) is 0. The lowest BCUT2D eigenvalue weighted by Gasteiger charge is -2.40. The standard InChI is InChI=1S/C19H21NO3S/c21-11-4-7-16-8-9-17(24-16)13-20-10-12-23-18(14-22)19(20)15-5-2-1-3-6-15/h1-3,5-6,8-9,18-19,21-22H,10-14H2/t18-,19-/m1/s1. The Labute approximate surface area is 146 Å². The monoisotopic (exact) mass is 343 g/mol. The van der Waals surface area contributed by atoms with Gasteiger partial charge in [-0.15, -0.1) is 11.3 Å². The molecule has 2 heterocycles. The number of hydrogen-bond acceptors (Lipinski definition) is 5. The van der Waals surface area contributed by atoms with E-state index in [9.17, 15) is 5.11 Å². The van der Waals surface area contributed by atoms with Gasteiger partial charge in [0.25, 0.3) is 0 Å². The van der Waals surface area contributed by atoms with Crippen LogP contribution in [0, 0.1) is 11.8 Å². The minimum atomic E-state index is -0.213. The van der Waals surface area contributed by atoms with Crippen LogP contribution in [0.5, 0.6) is 0 Å². The molecular formula is C19H21NO3S. The minimum absolute atomic E-state index is 0.00767. The van der Waals surface area contributed by atoms with Gasteiger partial charge in [0.2, 0.25) is 0 Å². The second-order valence-electron chi connectivity index (χ2n) is 5.64. The Morgan fingerprint density at radius 3 is 2.75 bits per heavy atom. The normalized spacial score (nSPS) is 21.2. The Balaban J connectivity index is 1.80. The van der Waals surface area contributed by atoms with Crippen LogP contribution in [0.4, 0.5) is 0 Å². The van der Waals surface area contributed by atoms with E-state index < -0.39 is 0 Å². The maximum Gasteiger partial charge on any atom is 0.104 e. The molecule has 1 fully saturated rings. The van der Waals surface area contributed by atoms with E-state index in [-0.39, 0.29) is 25.4 Å². The first-order valence-corrected chi connectivity index (χ1v) is 8.83. The Morgan fingerprint density at radius 1 is 1.17 bits per heavy atom. The predicted octanol–water partition coefficient (Wildman–Crippen LogP) is 2.03. The third kappa shape index (κ3) is 4.04. The number of aliphatic hydroxyl groups excluding tert-OH is 2. The summed E-state index contributed by atoms with van der Waals surface area (Å²) in [6.45, 7) is 2.13. The van der Waals surface area contributed by atoms with Gasteiger partial charge in [0, 0.05) is 18.0 Å². The molecule has 0 amide bonds. The zero-order valence-corrected chi connectivity index (χ0v) is 14.2. The Morgan fingerprint density at radius 2 is 2.00 bits per heavy atom. The number of ether oxygens (including phenoxy) is 1. The molecule has 2 aromatic rings. The molecule has 1 aliphatic heterocycles. The fraction of sp³-hybridized carbons (Fsp3) is 0.368. The highest BCUT2D eigenvalue weighted by Gasteiger charge is 2.33. The molecule has 5 heteroatoms. The number of rotatable bonds is 4. The van der Waals surface area contributed by atoms with E-state index >= 15 is 0 Å². The summed E-state index contributed by atoms with van der Waals surface area (Å²) in [6.07, 6.45) is -0.213. The molecule has 0 radical (unpaired) electrons. The first-order valence-electron chi connectivity index (χ1n) is 8.01. The van der Waals surface area contributed by atoms with E-state index in [1.165, 1.54) is 4.88 Å². The highest BCUT2D eigenvalue weighted by Crippen LogP contribution is 2.31. The number of nitrogens with zero attached hydrogens (tertiary/aromatic N) is 1. The lowest BCUT2D eigenvalue weighted by molar-refractivity contribution is -0.0957. The third-order valence-electron chi connectivity index (χ3n) is 4.09. The van der Waals surface area contributed by atoms with Gasteiger partial charge < -0.3 is 14.9 Å². The molecule has 0 aliphatic carbocycles. The molecule has 24 heavy (non-hydrogen) atoms. The summed E-state index contributed by atoms with van der Waals surface area (Å²) < 4.78 is 5.78. The molecule has 4 nitrogen and oxygen atoms in total. The van der Waals surface area contributed by atoms with Gasteiger partial charge in [-0.05, 0) is 17.7 Å². The molecule has 1 saturated heterocycles. The Hall–Kier alpha value is -1.68. The molecular weight excluding hydrogens is 322 g/mol. The molecule has 126 valence electrons. The van der Waals surface area contributed by atoms with E-state index in [1.54, 1.807) is 11.3 Å². The largest absolute Gasteiger partial charge is 0.394 e. The maximum absolute atomic E-state index is 9.72. The van der Waals surface area contributed by atoms with Crippen LogP contribution in [0.2, 0.25) is 0 Å². The van der Waals surface area contributed by atoms with Crippen LogP contribution < -0.4 is 0 Å². The van der Waals surface area contributed by atoms with E-state index in [1.807, 2.05) is 24.3 Å². The molecule has 1 aliphatic rings. The summed E-state index contributed by atoms with van der Waals surface area (Å²) in [5.41, 5.74) is 1.16. The van der Waals surface area contributed by atoms with Crippen molar-refractivity contribution in [3.05, 3.63) is 57.8 Å². The summed E-state index contributed by atoms with van der Waals surface area (Å²) in [6, 6.07) is 14.3. The van der Waals surface area contributed by atoms with Gasteiger partial charge in [0.05, 0.1) is 24.1 Å². The van der Waals surface area contributed by atoms with Crippen LogP contribution >= 0.6 is 11.3 Å². The summed E-state index contributed by atoms with van der Waals surface area (Å²) >= 11 is 1.64. The molecule has 1 aromatic carbocycles. The number of aliphatic hydroxyl groups is 2. The lowest BCUT2D eigenvalue weighted by Crippen LogP contribution is -2.46. The smallest absolute Gasteiger partial charge is 0.104 e. The van der Waals surface area contributed by atoms with Crippen molar-refractivity contribution in [1.29, 1.82) is 0 Å². The van der Waals surface area contributed by atoms with Gasteiger partial charge in [-0.25, -0.2) is 0 Å². The fourth-order valence-electron chi connectivity index (χ4n) is 3.05. The first kappa shape index (κ1) is 17.2. The van der Waals surface area contributed by atoms with Gasteiger partial charge in [0.1, 0.15) is 12.7 Å². The lowest BCUT2D eigenvalue weighted by atomic mass is 9.98. The molecule has 0 saturated carbocycles. The van der Waals surface area contributed by atoms with Crippen molar-refractivity contribution in [2.75, 3.05) is 26.4 Å². The molecule has 3 rings (SSSR count). The van der Waals surface area contributed by atoms with Crippen molar-refractivity contribution < 1.29 is 14.9 Å². The number of thiophene rings is 1. The van der Waals surface area contributed by atoms with E-state index in [0.29, 0.717) is 6.61 Å². The van der Waals surface area contributed by atoms with Crippen LogP contribution in [-0.2, 0) is 11.3 Å². The summed E-state index contributed by atoms with van der Waals surface area (Å²) in [5, 5.41) is 18.5. The van der Waals surface area contributed by atoms with Crippen molar-refractivity contribution in [2.24, 2.45) is 0 Å². The second kappa shape index (κ2) is 8.43. The van der Waals surface area contributed by atoms with Crippen molar-refractivity contribution in [1.82, 2.24) is 4.90 Å². The highest BCUT2D eigenvalue weighted by molar-refractivity contribution is 7.12. The zero-order chi connectivity index (χ0) is 16.8. The van der Waals surface area contributed by atoms with E-state index in [4.69, 9.17) is 9.84 Å². The predicted molar refractivity (Wildman–Crippen MR) is 94.7 cm³/mol. The van der Waals surface area contributed by atoms with Crippen LogP contribution in [0.1, 0.15) is 21.4 Å². The van der Waals surface area contributed by atoms with Crippen LogP contribution in [0.25, 0.3) is 0 Å².